The number of nitrogens with zero attached hydrogens (tertiary/aromatic N) is 2. The van der Waals surface area contributed by atoms with Gasteiger partial charge in [-0.15, -0.1) is 0 Å². The minimum atomic E-state index is -3.83. The molecule has 0 radical (unpaired) electrons. The maximum Gasteiger partial charge on any atom is 0.411 e. The van der Waals surface area contributed by atoms with Gasteiger partial charge >= 0.3 is 6.09 Å². The Bertz CT molecular complexity index is 904. The monoisotopic (exact) mass is 445 g/mol. The van der Waals surface area contributed by atoms with Gasteiger partial charge in [-0.3, -0.25) is 24.0 Å². The second kappa shape index (κ2) is 9.36. The molecule has 30 heavy (non-hydrogen) atoms. The molecule has 0 aliphatic carbocycles. The lowest BCUT2D eigenvalue weighted by atomic mass is 9.95. The number of rotatable bonds is 8. The molecule has 1 N–H and O–H groups in total. The van der Waals surface area contributed by atoms with Crippen molar-refractivity contribution in [2.75, 3.05) is 33.6 Å². The van der Waals surface area contributed by atoms with Gasteiger partial charge in [-0.05, 0) is 17.7 Å². The van der Waals surface area contributed by atoms with Gasteiger partial charge in [0.2, 0.25) is 5.91 Å². The normalized spacial score (nSPS) is 21.3. The highest BCUT2D eigenvalue weighted by atomic mass is 32.2. The van der Waals surface area contributed by atoms with E-state index in [0.717, 1.165) is 11.2 Å². The lowest BCUT2D eigenvalue weighted by Crippen LogP contribution is -2.59. The first kappa shape index (κ1) is 23.5. The van der Waals surface area contributed by atoms with Crippen molar-refractivity contribution in [2.45, 2.75) is 24.7 Å². The van der Waals surface area contributed by atoms with E-state index >= 15 is 0 Å². The van der Waals surface area contributed by atoms with Crippen LogP contribution < -0.4 is 5.32 Å². The molecule has 2 amide bonds. The van der Waals surface area contributed by atoms with E-state index in [1.54, 1.807) is 0 Å². The Morgan fingerprint density at radius 2 is 1.97 bits per heavy atom. The second-order valence-electron chi connectivity index (χ2n) is 6.76. The van der Waals surface area contributed by atoms with E-state index in [9.17, 15) is 28.1 Å². The summed E-state index contributed by atoms with van der Waals surface area (Å²) in [6.45, 7) is -0.617. The molecule has 2 atom stereocenters. The molecule has 12 nitrogen and oxygen atoms in total. The quantitative estimate of drug-likeness (QED) is 0.340. The Kier molecular flexibility index (Phi) is 7.34. The first-order valence-electron chi connectivity index (χ1n) is 8.79. The molecule has 1 aliphatic heterocycles. The van der Waals surface area contributed by atoms with Crippen LogP contribution in [0.5, 0.6) is 0 Å². The topological polar surface area (TPSA) is 154 Å². The van der Waals surface area contributed by atoms with Crippen LogP contribution in [-0.2, 0) is 35.2 Å². The minimum Gasteiger partial charge on any atom is -0.445 e. The fourth-order valence-corrected chi connectivity index (χ4v) is 3.94. The first-order valence-corrected chi connectivity index (χ1v) is 10.6. The number of hydrogen-bond donors (Lipinski definition) is 1. The van der Waals surface area contributed by atoms with Crippen LogP contribution in [0.15, 0.2) is 24.3 Å². The molecule has 0 unspecified atom stereocenters. The Hall–Kier alpha value is -2.77. The van der Waals surface area contributed by atoms with Crippen molar-refractivity contribution in [3.63, 3.8) is 0 Å². The van der Waals surface area contributed by atoms with Gasteiger partial charge in [0, 0.05) is 32.7 Å². The van der Waals surface area contributed by atoms with Gasteiger partial charge in [0.1, 0.15) is 6.61 Å². The van der Waals surface area contributed by atoms with E-state index in [1.807, 2.05) is 0 Å². The van der Waals surface area contributed by atoms with E-state index in [2.05, 4.69) is 5.32 Å². The number of hydrogen-bond acceptors (Lipinski definition) is 9. The number of nitro benzene ring substituents is 1. The van der Waals surface area contributed by atoms with Crippen LogP contribution in [-0.4, -0.2) is 75.4 Å². The number of carbonyl (C=O) groups excluding carboxylic acids is 2. The predicted octanol–water partition coefficient (Wildman–Crippen LogP) is 0.413. The molecule has 0 saturated carbocycles. The maximum atomic E-state index is 12.8. The van der Waals surface area contributed by atoms with Gasteiger partial charge in [0.05, 0.1) is 30.4 Å². The molecular weight excluding hydrogens is 422 g/mol. The number of nitro groups is 1. The van der Waals surface area contributed by atoms with Crippen molar-refractivity contribution >= 4 is 27.8 Å². The van der Waals surface area contributed by atoms with Crippen molar-refractivity contribution < 1.29 is 36.6 Å². The van der Waals surface area contributed by atoms with Gasteiger partial charge < -0.3 is 14.8 Å². The van der Waals surface area contributed by atoms with Crippen molar-refractivity contribution in [1.29, 1.82) is 0 Å². The van der Waals surface area contributed by atoms with Crippen LogP contribution >= 0.6 is 0 Å². The number of likely N-dealkylation sites (N-methyl/N-ethyl adjacent to an activating group) is 1. The minimum absolute atomic E-state index is 0.107. The first-order chi connectivity index (χ1) is 14.0. The van der Waals surface area contributed by atoms with Gasteiger partial charge in [-0.25, -0.2) is 4.79 Å². The van der Waals surface area contributed by atoms with E-state index in [4.69, 9.17) is 13.7 Å². The number of amides is 2. The molecule has 1 saturated heterocycles. The average molecular weight is 445 g/mol. The average Bonchev–Trinajstić information content (AvgIpc) is 3.03. The molecular formula is C17H23N3O9S. The van der Waals surface area contributed by atoms with E-state index < -0.39 is 38.7 Å². The molecule has 1 aromatic rings. The predicted molar refractivity (Wildman–Crippen MR) is 103 cm³/mol. The summed E-state index contributed by atoms with van der Waals surface area (Å²) in [6, 6.07) is 5.42. The molecule has 13 heteroatoms. The van der Waals surface area contributed by atoms with E-state index in [0.29, 0.717) is 5.56 Å². The summed E-state index contributed by atoms with van der Waals surface area (Å²) in [6.07, 6.45) is -1.08. The smallest absolute Gasteiger partial charge is 0.411 e. The summed E-state index contributed by atoms with van der Waals surface area (Å²) < 4.78 is 38.4. The van der Waals surface area contributed by atoms with Crippen LogP contribution in [0.4, 0.5) is 10.5 Å². The molecule has 1 aromatic carbocycles. The third kappa shape index (κ3) is 5.43. The summed E-state index contributed by atoms with van der Waals surface area (Å²) in [4.78, 5) is 36.6. The zero-order valence-corrected chi connectivity index (χ0v) is 17.5. The number of methoxy groups -OCH3 is 1. The number of likely N-dealkylation sites (tertiary alicyclic amines) is 1. The number of benzene rings is 1. The highest BCUT2D eigenvalue weighted by molar-refractivity contribution is 7.86. The number of carbonyl (C=O) groups is 2. The summed E-state index contributed by atoms with van der Waals surface area (Å²) >= 11 is 0. The summed E-state index contributed by atoms with van der Waals surface area (Å²) in [7, 11) is -1.10. The SMILES string of the molecule is CNC(=O)[C@@]1(COC)C[C@@H](OS(C)(=O)=O)CN1C(=O)OCc1ccc([N+](=O)[O-])cc1. The largest absolute Gasteiger partial charge is 0.445 e. The van der Waals surface area contributed by atoms with Crippen molar-refractivity contribution in [3.05, 3.63) is 39.9 Å². The summed E-state index contributed by atoms with van der Waals surface area (Å²) in [5.74, 6) is -0.559. The number of ether oxygens (including phenoxy) is 2. The Morgan fingerprint density at radius 1 is 1.33 bits per heavy atom. The molecule has 0 aromatic heterocycles. The van der Waals surface area contributed by atoms with Crippen molar-refractivity contribution in [1.82, 2.24) is 10.2 Å². The zero-order valence-electron chi connectivity index (χ0n) is 16.7. The Labute approximate surface area is 173 Å². The maximum absolute atomic E-state index is 12.8. The lowest BCUT2D eigenvalue weighted by molar-refractivity contribution is -0.384. The fraction of sp³-hybridized carbons (Fsp3) is 0.529. The zero-order chi connectivity index (χ0) is 22.5. The Morgan fingerprint density at radius 3 is 2.47 bits per heavy atom. The molecule has 1 aliphatic rings. The van der Waals surface area contributed by atoms with Crippen LogP contribution in [0.2, 0.25) is 0 Å². The van der Waals surface area contributed by atoms with Crippen LogP contribution in [0.25, 0.3) is 0 Å². The lowest BCUT2D eigenvalue weighted by Gasteiger charge is -2.34. The third-order valence-electron chi connectivity index (χ3n) is 4.54. The Balaban J connectivity index is 2.21. The van der Waals surface area contributed by atoms with Crippen molar-refractivity contribution in [3.8, 4) is 0 Å². The van der Waals surface area contributed by atoms with Gasteiger partial charge in [-0.2, -0.15) is 8.42 Å². The van der Waals surface area contributed by atoms with Gasteiger partial charge in [0.15, 0.2) is 5.54 Å². The van der Waals surface area contributed by atoms with Crippen LogP contribution in [0.1, 0.15) is 12.0 Å². The molecule has 166 valence electrons. The standard InChI is InChI=1S/C17H23N3O9S/c1-18-15(21)17(11-27-2)8-14(29-30(3,25)26)9-19(17)16(22)28-10-12-4-6-13(7-5-12)20(23)24/h4-7,14H,8-11H2,1-3H3,(H,18,21)/t14-,17+/m1/s1. The molecule has 2 rings (SSSR count). The van der Waals surface area contributed by atoms with Crippen LogP contribution in [0.3, 0.4) is 0 Å². The van der Waals surface area contributed by atoms with Gasteiger partial charge in [-0.1, -0.05) is 0 Å². The summed E-state index contributed by atoms with van der Waals surface area (Å²) in [5.41, 5.74) is -1.13. The molecule has 0 spiro atoms. The highest BCUT2D eigenvalue weighted by Crippen LogP contribution is 2.33. The van der Waals surface area contributed by atoms with Crippen molar-refractivity contribution in [2.24, 2.45) is 0 Å². The molecule has 0 bridgehead atoms. The van der Waals surface area contributed by atoms with Gasteiger partial charge in [0.25, 0.3) is 15.8 Å². The third-order valence-corrected chi connectivity index (χ3v) is 5.16. The van der Waals surface area contributed by atoms with E-state index in [1.165, 1.54) is 38.4 Å². The second-order valence-corrected chi connectivity index (χ2v) is 8.36. The molecule has 1 heterocycles. The number of non-ortho nitro benzene ring substituents is 1. The highest BCUT2D eigenvalue weighted by Gasteiger charge is 2.55. The van der Waals surface area contributed by atoms with Crippen LogP contribution in [0, 0.1) is 10.1 Å². The van der Waals surface area contributed by atoms with E-state index in [-0.39, 0.29) is 31.9 Å². The molecule has 1 fully saturated rings. The number of nitrogens with one attached hydrogen (secondary N) is 1. The summed E-state index contributed by atoms with van der Waals surface area (Å²) in [5, 5.41) is 13.2. The fourth-order valence-electron chi connectivity index (χ4n) is 3.32.